The van der Waals surface area contributed by atoms with E-state index in [2.05, 4.69) is 16.5 Å². The molecule has 1 aromatic heterocycles. The number of nitrogens with two attached hydrogens (primary N) is 1. The Hall–Kier alpha value is -0.830. The van der Waals surface area contributed by atoms with Crippen LogP contribution < -0.4 is 5.73 Å². The SMILES string of the molecule is CCCCn1c(CN)cnc1C. The Morgan fingerprint density at radius 2 is 2.33 bits per heavy atom. The van der Waals surface area contributed by atoms with Gasteiger partial charge in [0.1, 0.15) is 5.82 Å². The van der Waals surface area contributed by atoms with E-state index in [4.69, 9.17) is 5.73 Å². The van der Waals surface area contributed by atoms with Gasteiger partial charge in [0.15, 0.2) is 0 Å². The van der Waals surface area contributed by atoms with E-state index < -0.39 is 0 Å². The first-order chi connectivity index (χ1) is 5.79. The third-order valence-electron chi connectivity index (χ3n) is 2.08. The van der Waals surface area contributed by atoms with E-state index in [1.165, 1.54) is 12.8 Å². The molecule has 3 heteroatoms. The number of hydrogen-bond donors (Lipinski definition) is 1. The molecular weight excluding hydrogens is 150 g/mol. The molecule has 0 bridgehead atoms. The van der Waals surface area contributed by atoms with E-state index in [1.54, 1.807) is 0 Å². The summed E-state index contributed by atoms with van der Waals surface area (Å²) in [5, 5.41) is 0. The standard InChI is InChI=1S/C9H17N3/c1-3-4-5-12-8(2)11-7-9(12)6-10/h7H,3-6,10H2,1-2H3. The average Bonchev–Trinajstić information content (AvgIpc) is 2.43. The van der Waals surface area contributed by atoms with Crippen molar-refractivity contribution in [2.45, 2.75) is 39.8 Å². The third kappa shape index (κ3) is 1.85. The third-order valence-corrected chi connectivity index (χ3v) is 2.08. The van der Waals surface area contributed by atoms with Gasteiger partial charge in [0.25, 0.3) is 0 Å². The molecule has 68 valence electrons. The lowest BCUT2D eigenvalue weighted by Gasteiger charge is -2.07. The predicted molar refractivity (Wildman–Crippen MR) is 49.8 cm³/mol. The molecule has 0 atom stereocenters. The van der Waals surface area contributed by atoms with E-state index in [0.29, 0.717) is 6.54 Å². The van der Waals surface area contributed by atoms with Gasteiger partial charge >= 0.3 is 0 Å². The molecular formula is C9H17N3. The topological polar surface area (TPSA) is 43.8 Å². The maximum absolute atomic E-state index is 5.57. The predicted octanol–water partition coefficient (Wildman–Crippen LogP) is 1.45. The Morgan fingerprint density at radius 3 is 2.92 bits per heavy atom. The summed E-state index contributed by atoms with van der Waals surface area (Å²) in [6.45, 7) is 5.85. The summed E-state index contributed by atoms with van der Waals surface area (Å²) < 4.78 is 2.20. The van der Waals surface area contributed by atoms with Crippen molar-refractivity contribution in [1.82, 2.24) is 9.55 Å². The molecule has 3 nitrogen and oxygen atoms in total. The van der Waals surface area contributed by atoms with E-state index in [1.807, 2.05) is 13.1 Å². The summed E-state index contributed by atoms with van der Waals surface area (Å²) in [6, 6.07) is 0. The van der Waals surface area contributed by atoms with Crippen LogP contribution in [-0.4, -0.2) is 9.55 Å². The van der Waals surface area contributed by atoms with E-state index in [-0.39, 0.29) is 0 Å². The Kier molecular flexibility index (Phi) is 3.29. The molecule has 0 radical (unpaired) electrons. The van der Waals surface area contributed by atoms with Crippen molar-refractivity contribution in [3.05, 3.63) is 17.7 Å². The van der Waals surface area contributed by atoms with Gasteiger partial charge in [-0.3, -0.25) is 0 Å². The first kappa shape index (κ1) is 9.26. The zero-order valence-corrected chi connectivity index (χ0v) is 7.88. The highest BCUT2D eigenvalue weighted by molar-refractivity contribution is 5.03. The molecule has 12 heavy (non-hydrogen) atoms. The Morgan fingerprint density at radius 1 is 1.58 bits per heavy atom. The number of unbranched alkanes of at least 4 members (excludes halogenated alkanes) is 1. The summed E-state index contributed by atoms with van der Waals surface area (Å²) in [4.78, 5) is 4.22. The fourth-order valence-electron chi connectivity index (χ4n) is 1.30. The second-order valence-corrected chi connectivity index (χ2v) is 3.01. The average molecular weight is 167 g/mol. The van der Waals surface area contributed by atoms with Gasteiger partial charge in [0.2, 0.25) is 0 Å². The highest BCUT2D eigenvalue weighted by atomic mass is 15.1. The van der Waals surface area contributed by atoms with Gasteiger partial charge in [-0.05, 0) is 13.3 Å². The van der Waals surface area contributed by atoms with Gasteiger partial charge in [-0.2, -0.15) is 0 Å². The molecule has 0 unspecified atom stereocenters. The largest absolute Gasteiger partial charge is 0.331 e. The number of aryl methyl sites for hydroxylation is 1. The molecule has 0 aliphatic rings. The maximum Gasteiger partial charge on any atom is 0.105 e. The van der Waals surface area contributed by atoms with Gasteiger partial charge in [-0.25, -0.2) is 4.98 Å². The maximum atomic E-state index is 5.57. The Bertz CT molecular complexity index is 240. The summed E-state index contributed by atoms with van der Waals surface area (Å²) >= 11 is 0. The molecule has 1 rings (SSSR count). The summed E-state index contributed by atoms with van der Waals surface area (Å²) in [5.41, 5.74) is 6.71. The lowest BCUT2D eigenvalue weighted by molar-refractivity contribution is 0.594. The van der Waals surface area contributed by atoms with Crippen LogP contribution in [0.1, 0.15) is 31.3 Å². The molecule has 0 spiro atoms. The minimum atomic E-state index is 0.588. The molecule has 1 heterocycles. The zero-order chi connectivity index (χ0) is 8.97. The molecule has 0 saturated carbocycles. The normalized spacial score (nSPS) is 10.6. The monoisotopic (exact) mass is 167 g/mol. The Labute approximate surface area is 73.6 Å². The number of hydrogen-bond acceptors (Lipinski definition) is 2. The van der Waals surface area contributed by atoms with Crippen molar-refractivity contribution in [3.8, 4) is 0 Å². The van der Waals surface area contributed by atoms with Gasteiger partial charge in [-0.1, -0.05) is 13.3 Å². The molecule has 0 aliphatic carbocycles. The van der Waals surface area contributed by atoms with Crippen molar-refractivity contribution in [3.63, 3.8) is 0 Å². The fourth-order valence-corrected chi connectivity index (χ4v) is 1.30. The fraction of sp³-hybridized carbons (Fsp3) is 0.667. The molecule has 0 fully saturated rings. The van der Waals surface area contributed by atoms with E-state index in [9.17, 15) is 0 Å². The molecule has 0 aromatic carbocycles. The van der Waals surface area contributed by atoms with Crippen LogP contribution in [0, 0.1) is 6.92 Å². The van der Waals surface area contributed by atoms with Crippen LogP contribution in [0.15, 0.2) is 6.20 Å². The molecule has 0 amide bonds. The summed E-state index contributed by atoms with van der Waals surface area (Å²) in [6.07, 6.45) is 4.27. The first-order valence-electron chi connectivity index (χ1n) is 4.50. The minimum Gasteiger partial charge on any atom is -0.331 e. The molecule has 0 saturated heterocycles. The van der Waals surface area contributed by atoms with Crippen LogP contribution in [0.4, 0.5) is 0 Å². The van der Waals surface area contributed by atoms with Crippen LogP contribution >= 0.6 is 0 Å². The summed E-state index contributed by atoms with van der Waals surface area (Å²) in [7, 11) is 0. The quantitative estimate of drug-likeness (QED) is 0.737. The lowest BCUT2D eigenvalue weighted by atomic mass is 10.3. The molecule has 1 aromatic rings. The van der Waals surface area contributed by atoms with Crippen molar-refractivity contribution >= 4 is 0 Å². The van der Waals surface area contributed by atoms with Crippen LogP contribution in [0.25, 0.3) is 0 Å². The van der Waals surface area contributed by atoms with Gasteiger partial charge in [0.05, 0.1) is 5.69 Å². The van der Waals surface area contributed by atoms with Gasteiger partial charge < -0.3 is 10.3 Å². The number of aromatic nitrogens is 2. The van der Waals surface area contributed by atoms with Crippen LogP contribution in [0.3, 0.4) is 0 Å². The molecule has 2 N–H and O–H groups in total. The number of rotatable bonds is 4. The van der Waals surface area contributed by atoms with Crippen molar-refractivity contribution < 1.29 is 0 Å². The second-order valence-electron chi connectivity index (χ2n) is 3.01. The highest BCUT2D eigenvalue weighted by Gasteiger charge is 2.02. The second kappa shape index (κ2) is 4.26. The molecule has 0 aliphatic heterocycles. The van der Waals surface area contributed by atoms with Crippen LogP contribution in [0.2, 0.25) is 0 Å². The minimum absolute atomic E-state index is 0.588. The van der Waals surface area contributed by atoms with Crippen molar-refractivity contribution in [2.75, 3.05) is 0 Å². The Balaban J connectivity index is 2.72. The first-order valence-corrected chi connectivity index (χ1v) is 4.50. The van der Waals surface area contributed by atoms with Crippen molar-refractivity contribution in [1.29, 1.82) is 0 Å². The van der Waals surface area contributed by atoms with Gasteiger partial charge in [0, 0.05) is 19.3 Å². The smallest absolute Gasteiger partial charge is 0.105 e. The van der Waals surface area contributed by atoms with E-state index >= 15 is 0 Å². The van der Waals surface area contributed by atoms with Crippen molar-refractivity contribution in [2.24, 2.45) is 5.73 Å². The summed E-state index contributed by atoms with van der Waals surface area (Å²) in [5.74, 6) is 1.07. The van der Waals surface area contributed by atoms with E-state index in [0.717, 1.165) is 18.1 Å². The number of nitrogens with zero attached hydrogens (tertiary/aromatic N) is 2. The zero-order valence-electron chi connectivity index (χ0n) is 7.88. The highest BCUT2D eigenvalue weighted by Crippen LogP contribution is 2.05. The number of imidazole rings is 1. The lowest BCUT2D eigenvalue weighted by Crippen LogP contribution is -2.08. The van der Waals surface area contributed by atoms with Crippen LogP contribution in [0.5, 0.6) is 0 Å². The van der Waals surface area contributed by atoms with Crippen LogP contribution in [-0.2, 0) is 13.1 Å². The van der Waals surface area contributed by atoms with Gasteiger partial charge in [-0.15, -0.1) is 0 Å².